The molecule has 2 aromatic rings. The Bertz CT molecular complexity index is 828. The summed E-state index contributed by atoms with van der Waals surface area (Å²) in [5, 5.41) is 4.12. The number of hydrogen-bond acceptors (Lipinski definition) is 5. The summed E-state index contributed by atoms with van der Waals surface area (Å²) >= 11 is 1.20. The van der Waals surface area contributed by atoms with Gasteiger partial charge >= 0.3 is 0 Å². The van der Waals surface area contributed by atoms with Gasteiger partial charge in [0.25, 0.3) is 11.5 Å². The SMILES string of the molecule is CCCc1nnsc1C(=O)N1CC2CC(C1)c1cccc(=O)n1C2. The minimum absolute atomic E-state index is 0.0508. The van der Waals surface area contributed by atoms with Crippen molar-refractivity contribution in [2.75, 3.05) is 13.1 Å². The first kappa shape index (κ1) is 15.5. The van der Waals surface area contributed by atoms with Crippen LogP contribution >= 0.6 is 11.5 Å². The Morgan fingerprint density at radius 2 is 2.21 bits per heavy atom. The average Bonchev–Trinajstić information content (AvgIpc) is 3.04. The minimum atomic E-state index is 0.0508. The summed E-state index contributed by atoms with van der Waals surface area (Å²) in [6, 6.07) is 5.46. The van der Waals surface area contributed by atoms with Crippen LogP contribution in [-0.4, -0.2) is 38.1 Å². The van der Waals surface area contributed by atoms with Crippen LogP contribution < -0.4 is 5.56 Å². The number of amides is 1. The van der Waals surface area contributed by atoms with Gasteiger partial charge in [-0.05, 0) is 36.4 Å². The molecule has 2 aromatic heterocycles. The summed E-state index contributed by atoms with van der Waals surface area (Å²) in [7, 11) is 0. The molecule has 24 heavy (non-hydrogen) atoms. The van der Waals surface area contributed by atoms with Gasteiger partial charge in [-0.3, -0.25) is 9.59 Å². The number of carbonyl (C=O) groups excluding carboxylic acids is 1. The first-order valence-corrected chi connectivity index (χ1v) is 9.25. The Hall–Kier alpha value is -2.02. The second-order valence-electron chi connectivity index (χ2n) is 6.71. The molecule has 0 aromatic carbocycles. The molecular formula is C17H20N4O2S. The average molecular weight is 344 g/mol. The monoisotopic (exact) mass is 344 g/mol. The maximum atomic E-state index is 13.0. The number of fused-ring (bicyclic) bond motifs is 4. The van der Waals surface area contributed by atoms with Gasteiger partial charge in [0, 0.05) is 37.3 Å². The molecule has 0 spiro atoms. The molecular weight excluding hydrogens is 324 g/mol. The topological polar surface area (TPSA) is 68.1 Å². The van der Waals surface area contributed by atoms with E-state index in [2.05, 4.69) is 16.5 Å². The number of pyridine rings is 1. The van der Waals surface area contributed by atoms with Crippen molar-refractivity contribution in [1.82, 2.24) is 19.1 Å². The van der Waals surface area contributed by atoms with Crippen LogP contribution in [0.5, 0.6) is 0 Å². The van der Waals surface area contributed by atoms with Gasteiger partial charge in [-0.15, -0.1) is 5.10 Å². The van der Waals surface area contributed by atoms with Crippen molar-refractivity contribution >= 4 is 17.4 Å². The highest BCUT2D eigenvalue weighted by molar-refractivity contribution is 7.08. The number of carbonyl (C=O) groups is 1. The van der Waals surface area contributed by atoms with Crippen LogP contribution in [-0.2, 0) is 13.0 Å². The number of aromatic nitrogens is 3. The van der Waals surface area contributed by atoms with Crippen LogP contribution in [0.25, 0.3) is 0 Å². The zero-order chi connectivity index (χ0) is 16.7. The summed E-state index contributed by atoms with van der Waals surface area (Å²) in [6.45, 7) is 4.16. The number of likely N-dealkylation sites (tertiary alicyclic amines) is 1. The van der Waals surface area contributed by atoms with E-state index in [-0.39, 0.29) is 17.4 Å². The van der Waals surface area contributed by atoms with Gasteiger partial charge in [0.15, 0.2) is 0 Å². The van der Waals surface area contributed by atoms with E-state index in [0.717, 1.165) is 30.7 Å². The predicted molar refractivity (Wildman–Crippen MR) is 91.4 cm³/mol. The first-order valence-electron chi connectivity index (χ1n) is 8.47. The van der Waals surface area contributed by atoms with Crippen molar-refractivity contribution in [1.29, 1.82) is 0 Å². The molecule has 1 saturated heterocycles. The lowest BCUT2D eigenvalue weighted by atomic mass is 9.83. The van der Waals surface area contributed by atoms with E-state index in [1.165, 1.54) is 11.5 Å². The molecule has 0 aliphatic carbocycles. The van der Waals surface area contributed by atoms with Crippen molar-refractivity contribution in [2.24, 2.45) is 5.92 Å². The molecule has 126 valence electrons. The minimum Gasteiger partial charge on any atom is -0.337 e. The molecule has 2 atom stereocenters. The highest BCUT2D eigenvalue weighted by atomic mass is 32.1. The molecule has 2 aliphatic heterocycles. The molecule has 2 aliphatic rings. The first-order chi connectivity index (χ1) is 11.7. The molecule has 0 N–H and O–H groups in total. The zero-order valence-electron chi connectivity index (χ0n) is 13.6. The van der Waals surface area contributed by atoms with Crippen molar-refractivity contribution in [3.63, 3.8) is 0 Å². The van der Waals surface area contributed by atoms with E-state index < -0.39 is 0 Å². The standard InChI is InChI=1S/C17H20N4O2S/c1-2-4-13-16(24-19-18-13)17(23)20-8-11-7-12(10-20)14-5-3-6-15(22)21(14)9-11/h3,5-6,11-12H,2,4,7-10H2,1H3. The fourth-order valence-electron chi connectivity index (χ4n) is 3.98. The van der Waals surface area contributed by atoms with Crippen molar-refractivity contribution in [2.45, 2.75) is 38.6 Å². The number of aryl methyl sites for hydroxylation is 1. The van der Waals surface area contributed by atoms with Gasteiger partial charge in [0.2, 0.25) is 0 Å². The Labute approximate surface area is 144 Å². The summed E-state index contributed by atoms with van der Waals surface area (Å²) in [5.41, 5.74) is 1.95. The van der Waals surface area contributed by atoms with Gasteiger partial charge in [-0.2, -0.15) is 0 Å². The summed E-state index contributed by atoms with van der Waals surface area (Å²) in [4.78, 5) is 27.7. The molecule has 2 unspecified atom stereocenters. The molecule has 1 fully saturated rings. The summed E-state index contributed by atoms with van der Waals surface area (Å²) < 4.78 is 5.86. The van der Waals surface area contributed by atoms with Gasteiger partial charge in [-0.1, -0.05) is 23.9 Å². The van der Waals surface area contributed by atoms with E-state index in [1.807, 2.05) is 21.6 Å². The number of hydrogen-bond donors (Lipinski definition) is 0. The van der Waals surface area contributed by atoms with Crippen LogP contribution in [0.2, 0.25) is 0 Å². The number of piperidine rings is 1. The third kappa shape index (κ3) is 2.56. The quantitative estimate of drug-likeness (QED) is 0.853. The third-order valence-electron chi connectivity index (χ3n) is 5.00. The predicted octanol–water partition coefficient (Wildman–Crippen LogP) is 1.91. The molecule has 4 heterocycles. The van der Waals surface area contributed by atoms with E-state index in [1.54, 1.807) is 6.07 Å². The van der Waals surface area contributed by atoms with Gasteiger partial charge in [0.05, 0.1) is 5.69 Å². The highest BCUT2D eigenvalue weighted by Gasteiger charge is 2.37. The third-order valence-corrected chi connectivity index (χ3v) is 5.76. The highest BCUT2D eigenvalue weighted by Crippen LogP contribution is 2.35. The maximum Gasteiger partial charge on any atom is 0.267 e. The van der Waals surface area contributed by atoms with Gasteiger partial charge in [0.1, 0.15) is 4.88 Å². The zero-order valence-corrected chi connectivity index (χ0v) is 14.5. The van der Waals surface area contributed by atoms with E-state index in [9.17, 15) is 9.59 Å². The van der Waals surface area contributed by atoms with Gasteiger partial charge in [-0.25, -0.2) is 0 Å². The lowest BCUT2D eigenvalue weighted by Crippen LogP contribution is -2.49. The second-order valence-corrected chi connectivity index (χ2v) is 7.46. The Kier molecular flexibility index (Phi) is 3.96. The van der Waals surface area contributed by atoms with E-state index in [4.69, 9.17) is 0 Å². The molecule has 0 radical (unpaired) electrons. The largest absolute Gasteiger partial charge is 0.337 e. The maximum absolute atomic E-state index is 13.0. The van der Waals surface area contributed by atoms with Crippen LogP contribution in [0.4, 0.5) is 0 Å². The van der Waals surface area contributed by atoms with Crippen molar-refractivity contribution in [3.05, 3.63) is 44.8 Å². The Balaban J connectivity index is 1.61. The smallest absolute Gasteiger partial charge is 0.267 e. The second kappa shape index (κ2) is 6.12. The van der Waals surface area contributed by atoms with Crippen LogP contribution in [0.15, 0.2) is 23.0 Å². The molecule has 4 rings (SSSR count). The van der Waals surface area contributed by atoms with E-state index in [0.29, 0.717) is 30.4 Å². The number of rotatable bonds is 3. The normalized spacial score (nSPS) is 22.3. The summed E-state index contributed by atoms with van der Waals surface area (Å²) in [6.07, 6.45) is 2.79. The van der Waals surface area contributed by atoms with Crippen molar-refractivity contribution < 1.29 is 4.79 Å². The van der Waals surface area contributed by atoms with Crippen LogP contribution in [0, 0.1) is 5.92 Å². The Morgan fingerprint density at radius 1 is 1.33 bits per heavy atom. The van der Waals surface area contributed by atoms with Gasteiger partial charge < -0.3 is 9.47 Å². The lowest BCUT2D eigenvalue weighted by molar-refractivity contribution is 0.0598. The molecule has 6 nitrogen and oxygen atoms in total. The fourth-order valence-corrected chi connectivity index (χ4v) is 4.65. The van der Waals surface area contributed by atoms with Crippen molar-refractivity contribution in [3.8, 4) is 0 Å². The van der Waals surface area contributed by atoms with Crippen LogP contribution in [0.1, 0.15) is 46.7 Å². The summed E-state index contributed by atoms with van der Waals surface area (Å²) in [5.74, 6) is 0.636. The van der Waals surface area contributed by atoms with Crippen LogP contribution in [0.3, 0.4) is 0 Å². The lowest BCUT2D eigenvalue weighted by Gasteiger charge is -2.42. The molecule has 0 saturated carbocycles. The van der Waals surface area contributed by atoms with E-state index >= 15 is 0 Å². The molecule has 1 amide bonds. The number of nitrogens with zero attached hydrogens (tertiary/aromatic N) is 4. The Morgan fingerprint density at radius 3 is 3.04 bits per heavy atom. The molecule has 2 bridgehead atoms. The molecule has 7 heteroatoms. The fraction of sp³-hybridized carbons (Fsp3) is 0.529.